The number of benzene rings is 1. The molecule has 1 aromatic heterocycles. The van der Waals surface area contributed by atoms with Crippen LogP contribution in [0.2, 0.25) is 0 Å². The molecule has 23 heavy (non-hydrogen) atoms. The molecular formula is C18H23N3O2. The predicted molar refractivity (Wildman–Crippen MR) is 92.3 cm³/mol. The fraction of sp³-hybridized carbons (Fsp3) is 0.333. The molecular weight excluding hydrogens is 290 g/mol. The second kappa shape index (κ2) is 8.17. The zero-order chi connectivity index (χ0) is 16.7. The van der Waals surface area contributed by atoms with Crippen molar-refractivity contribution in [1.29, 1.82) is 0 Å². The lowest BCUT2D eigenvalue weighted by Crippen LogP contribution is -2.31. The van der Waals surface area contributed by atoms with Gasteiger partial charge in [-0.1, -0.05) is 6.92 Å². The Labute approximate surface area is 137 Å². The Morgan fingerprint density at radius 3 is 2.48 bits per heavy atom. The van der Waals surface area contributed by atoms with Gasteiger partial charge in [-0.25, -0.2) is 4.98 Å². The Bertz CT molecular complexity index is 624. The number of carbonyl (C=O) groups excluding carboxylic acids is 1. The summed E-state index contributed by atoms with van der Waals surface area (Å²) in [5.41, 5.74) is 1.47. The molecule has 1 heterocycles. The molecule has 0 aliphatic carbocycles. The minimum absolute atomic E-state index is 0.0977. The molecule has 1 unspecified atom stereocenters. The highest BCUT2D eigenvalue weighted by atomic mass is 16.5. The highest BCUT2D eigenvalue weighted by molar-refractivity contribution is 5.94. The summed E-state index contributed by atoms with van der Waals surface area (Å²) < 4.78 is 5.41. The van der Waals surface area contributed by atoms with Crippen molar-refractivity contribution >= 4 is 17.4 Å². The molecule has 0 radical (unpaired) electrons. The number of pyridine rings is 1. The average Bonchev–Trinajstić information content (AvgIpc) is 2.57. The molecule has 0 fully saturated rings. The zero-order valence-corrected chi connectivity index (χ0v) is 13.8. The molecule has 1 amide bonds. The largest absolute Gasteiger partial charge is 0.494 e. The van der Waals surface area contributed by atoms with Gasteiger partial charge < -0.3 is 15.4 Å². The molecule has 0 aliphatic heterocycles. The SMILES string of the molecule is CCOc1ccc(Nc2ccc(C(=O)NC(C)CC)cn2)cc1. The number of rotatable bonds is 7. The van der Waals surface area contributed by atoms with E-state index in [4.69, 9.17) is 4.74 Å². The van der Waals surface area contributed by atoms with Crippen LogP contribution in [0.5, 0.6) is 5.75 Å². The molecule has 0 saturated carbocycles. The number of ether oxygens (including phenoxy) is 1. The smallest absolute Gasteiger partial charge is 0.253 e. The number of carbonyl (C=O) groups is 1. The van der Waals surface area contributed by atoms with E-state index in [1.54, 1.807) is 18.3 Å². The summed E-state index contributed by atoms with van der Waals surface area (Å²) in [5.74, 6) is 1.43. The van der Waals surface area contributed by atoms with Gasteiger partial charge in [0.2, 0.25) is 0 Å². The lowest BCUT2D eigenvalue weighted by molar-refractivity contribution is 0.0939. The third kappa shape index (κ3) is 4.98. The fourth-order valence-corrected chi connectivity index (χ4v) is 1.96. The van der Waals surface area contributed by atoms with Gasteiger partial charge in [-0.15, -0.1) is 0 Å². The molecule has 0 saturated heterocycles. The van der Waals surface area contributed by atoms with E-state index in [2.05, 4.69) is 15.6 Å². The maximum Gasteiger partial charge on any atom is 0.253 e. The molecule has 5 nitrogen and oxygen atoms in total. The topological polar surface area (TPSA) is 63.2 Å². The Morgan fingerprint density at radius 2 is 1.91 bits per heavy atom. The van der Waals surface area contributed by atoms with Crippen LogP contribution in [0.4, 0.5) is 11.5 Å². The Balaban J connectivity index is 1.98. The van der Waals surface area contributed by atoms with Crippen LogP contribution in [0, 0.1) is 0 Å². The van der Waals surface area contributed by atoms with Gasteiger partial charge in [-0.3, -0.25) is 4.79 Å². The monoisotopic (exact) mass is 313 g/mol. The summed E-state index contributed by atoms with van der Waals surface area (Å²) in [5, 5.41) is 6.11. The second-order valence-electron chi connectivity index (χ2n) is 5.30. The molecule has 0 spiro atoms. The molecule has 0 bridgehead atoms. The van der Waals surface area contributed by atoms with Crippen LogP contribution < -0.4 is 15.4 Å². The maximum absolute atomic E-state index is 12.0. The van der Waals surface area contributed by atoms with Gasteiger partial charge in [-0.2, -0.15) is 0 Å². The Kier molecular flexibility index (Phi) is 5.97. The van der Waals surface area contributed by atoms with Crippen LogP contribution in [0.1, 0.15) is 37.6 Å². The van der Waals surface area contributed by atoms with Crippen molar-refractivity contribution in [2.24, 2.45) is 0 Å². The van der Waals surface area contributed by atoms with Crippen molar-refractivity contribution in [3.8, 4) is 5.75 Å². The quantitative estimate of drug-likeness (QED) is 0.817. The van der Waals surface area contributed by atoms with Gasteiger partial charge in [0.1, 0.15) is 11.6 Å². The van der Waals surface area contributed by atoms with E-state index in [1.165, 1.54) is 0 Å². The number of amides is 1. The van der Waals surface area contributed by atoms with Gasteiger partial charge in [-0.05, 0) is 56.7 Å². The van der Waals surface area contributed by atoms with Crippen LogP contribution in [0.3, 0.4) is 0 Å². The molecule has 1 aromatic carbocycles. The van der Waals surface area contributed by atoms with Crippen LogP contribution in [0.25, 0.3) is 0 Å². The first-order valence-electron chi connectivity index (χ1n) is 7.89. The summed E-state index contributed by atoms with van der Waals surface area (Å²) in [7, 11) is 0. The zero-order valence-electron chi connectivity index (χ0n) is 13.8. The van der Waals surface area contributed by atoms with E-state index >= 15 is 0 Å². The third-order valence-corrected chi connectivity index (χ3v) is 3.45. The number of aromatic nitrogens is 1. The first-order valence-corrected chi connectivity index (χ1v) is 7.89. The van der Waals surface area contributed by atoms with Crippen LogP contribution in [-0.2, 0) is 0 Å². The molecule has 2 aromatic rings. The van der Waals surface area contributed by atoms with Gasteiger partial charge in [0.15, 0.2) is 0 Å². The molecule has 2 N–H and O–H groups in total. The standard InChI is InChI=1S/C18H23N3O2/c1-4-13(3)20-18(22)14-6-11-17(19-12-14)21-15-7-9-16(10-8-15)23-5-2/h6-13H,4-5H2,1-3H3,(H,19,21)(H,20,22). The van der Waals surface area contributed by atoms with Crippen molar-refractivity contribution in [3.63, 3.8) is 0 Å². The van der Waals surface area contributed by atoms with Crippen molar-refractivity contribution in [1.82, 2.24) is 10.3 Å². The van der Waals surface area contributed by atoms with Gasteiger partial charge in [0.25, 0.3) is 5.91 Å². The summed E-state index contributed by atoms with van der Waals surface area (Å²) in [4.78, 5) is 16.3. The van der Waals surface area contributed by atoms with Crippen LogP contribution in [0.15, 0.2) is 42.6 Å². The van der Waals surface area contributed by atoms with Gasteiger partial charge >= 0.3 is 0 Å². The van der Waals surface area contributed by atoms with E-state index in [-0.39, 0.29) is 11.9 Å². The van der Waals surface area contributed by atoms with Gasteiger partial charge in [0, 0.05) is 17.9 Å². The second-order valence-corrected chi connectivity index (χ2v) is 5.30. The summed E-state index contributed by atoms with van der Waals surface area (Å²) in [6, 6.07) is 11.4. The third-order valence-electron chi connectivity index (χ3n) is 3.45. The highest BCUT2D eigenvalue weighted by Crippen LogP contribution is 2.19. The number of nitrogens with one attached hydrogen (secondary N) is 2. The molecule has 1 atom stereocenters. The number of nitrogens with zero attached hydrogens (tertiary/aromatic N) is 1. The first-order chi connectivity index (χ1) is 11.1. The van der Waals surface area contributed by atoms with E-state index in [0.717, 1.165) is 17.9 Å². The lowest BCUT2D eigenvalue weighted by atomic mass is 10.2. The molecule has 122 valence electrons. The number of hydrogen-bond donors (Lipinski definition) is 2. The van der Waals surface area contributed by atoms with Crippen molar-refractivity contribution in [2.45, 2.75) is 33.2 Å². The average molecular weight is 313 g/mol. The van der Waals surface area contributed by atoms with Crippen molar-refractivity contribution in [3.05, 3.63) is 48.2 Å². The first kappa shape index (κ1) is 16.8. The highest BCUT2D eigenvalue weighted by Gasteiger charge is 2.08. The lowest BCUT2D eigenvalue weighted by Gasteiger charge is -2.11. The fourth-order valence-electron chi connectivity index (χ4n) is 1.96. The summed E-state index contributed by atoms with van der Waals surface area (Å²) in [6.45, 7) is 6.61. The van der Waals surface area contributed by atoms with E-state index in [1.807, 2.05) is 45.0 Å². The maximum atomic E-state index is 12.0. The normalized spacial score (nSPS) is 11.6. The van der Waals surface area contributed by atoms with E-state index in [9.17, 15) is 4.79 Å². The molecule has 0 aliphatic rings. The predicted octanol–water partition coefficient (Wildman–Crippen LogP) is 3.75. The van der Waals surface area contributed by atoms with E-state index in [0.29, 0.717) is 18.0 Å². The number of anilines is 2. The molecule has 2 rings (SSSR count). The van der Waals surface area contributed by atoms with Crippen molar-refractivity contribution < 1.29 is 9.53 Å². The minimum atomic E-state index is -0.0977. The number of hydrogen-bond acceptors (Lipinski definition) is 4. The van der Waals surface area contributed by atoms with Crippen LogP contribution >= 0.6 is 0 Å². The Morgan fingerprint density at radius 1 is 1.17 bits per heavy atom. The van der Waals surface area contributed by atoms with Gasteiger partial charge in [0.05, 0.1) is 12.2 Å². The minimum Gasteiger partial charge on any atom is -0.494 e. The van der Waals surface area contributed by atoms with Crippen LogP contribution in [-0.4, -0.2) is 23.5 Å². The summed E-state index contributed by atoms with van der Waals surface area (Å²) >= 11 is 0. The van der Waals surface area contributed by atoms with E-state index < -0.39 is 0 Å². The summed E-state index contributed by atoms with van der Waals surface area (Å²) in [6.07, 6.45) is 2.48. The van der Waals surface area contributed by atoms with Crippen molar-refractivity contribution in [2.75, 3.05) is 11.9 Å². The molecule has 5 heteroatoms. The Hall–Kier alpha value is -2.56.